The van der Waals surface area contributed by atoms with Crippen LogP contribution in [0, 0.1) is 0 Å². The van der Waals surface area contributed by atoms with E-state index in [4.69, 9.17) is 32.7 Å². The number of amides is 1. The Bertz CT molecular complexity index is 1420. The molecule has 1 amide bonds. The van der Waals surface area contributed by atoms with E-state index in [0.29, 0.717) is 39.1 Å². The van der Waals surface area contributed by atoms with Crippen molar-refractivity contribution in [2.45, 2.75) is 19.4 Å². The van der Waals surface area contributed by atoms with Crippen molar-refractivity contribution >= 4 is 52.1 Å². The molecular weight excluding hydrogens is 499 g/mol. The predicted octanol–water partition coefficient (Wildman–Crippen LogP) is 6.67. The van der Waals surface area contributed by atoms with Crippen LogP contribution in [0.1, 0.15) is 29.3 Å². The third-order valence-corrected chi connectivity index (χ3v) is 5.85. The highest BCUT2D eigenvalue weighted by Gasteiger charge is 2.19. The van der Waals surface area contributed by atoms with Crippen LogP contribution in [0.15, 0.2) is 90.0 Å². The molecule has 1 atom stereocenters. The molecular formula is C28H22Cl2N2O4. The van der Waals surface area contributed by atoms with Crippen molar-refractivity contribution in [3.63, 3.8) is 0 Å². The Labute approximate surface area is 218 Å². The maximum absolute atomic E-state index is 12.7. The highest BCUT2D eigenvalue weighted by atomic mass is 35.5. The van der Waals surface area contributed by atoms with E-state index in [2.05, 4.69) is 10.5 Å². The molecule has 4 aromatic rings. The Morgan fingerprint density at radius 1 is 0.972 bits per heavy atom. The van der Waals surface area contributed by atoms with Crippen LogP contribution in [0.2, 0.25) is 10.0 Å². The fourth-order valence-corrected chi connectivity index (χ4v) is 3.93. The summed E-state index contributed by atoms with van der Waals surface area (Å²) in [6, 6.07) is 24.7. The third-order valence-electron chi connectivity index (χ3n) is 5.31. The molecule has 0 heterocycles. The van der Waals surface area contributed by atoms with Gasteiger partial charge in [0.2, 0.25) is 0 Å². The van der Waals surface area contributed by atoms with Crippen LogP contribution in [0.5, 0.6) is 11.5 Å². The van der Waals surface area contributed by atoms with Gasteiger partial charge in [0.25, 0.3) is 5.91 Å². The highest BCUT2D eigenvalue weighted by molar-refractivity contribution is 6.35. The second-order valence-corrected chi connectivity index (χ2v) is 8.65. The molecule has 36 heavy (non-hydrogen) atoms. The maximum Gasteiger partial charge on any atom is 0.344 e. The van der Waals surface area contributed by atoms with Crippen LogP contribution in [-0.4, -0.2) is 24.2 Å². The Hall–Kier alpha value is -3.87. The summed E-state index contributed by atoms with van der Waals surface area (Å²) in [5.41, 5.74) is 3.67. The van der Waals surface area contributed by atoms with E-state index in [-0.39, 0.29) is 0 Å². The Kier molecular flexibility index (Phi) is 8.21. The van der Waals surface area contributed by atoms with Gasteiger partial charge in [0.05, 0.1) is 16.8 Å². The molecule has 0 bridgehead atoms. The molecule has 182 valence electrons. The van der Waals surface area contributed by atoms with Crippen LogP contribution >= 0.6 is 23.2 Å². The quantitative estimate of drug-likeness (QED) is 0.122. The Morgan fingerprint density at radius 2 is 1.72 bits per heavy atom. The van der Waals surface area contributed by atoms with Gasteiger partial charge in [0.15, 0.2) is 6.10 Å². The number of carbonyl (C=O) groups is 2. The number of benzene rings is 4. The van der Waals surface area contributed by atoms with Crippen molar-refractivity contribution in [2.24, 2.45) is 5.10 Å². The molecule has 0 unspecified atom stereocenters. The monoisotopic (exact) mass is 520 g/mol. The summed E-state index contributed by atoms with van der Waals surface area (Å²) in [6.45, 7) is 1.82. The summed E-state index contributed by atoms with van der Waals surface area (Å²) >= 11 is 12.0. The molecule has 8 heteroatoms. The molecule has 0 spiro atoms. The minimum Gasteiger partial charge on any atom is -0.479 e. The van der Waals surface area contributed by atoms with Gasteiger partial charge in [-0.2, -0.15) is 5.10 Å². The number of ether oxygens (including phenoxy) is 2. The first-order valence-electron chi connectivity index (χ1n) is 11.2. The average molecular weight is 521 g/mol. The van der Waals surface area contributed by atoms with Crippen LogP contribution in [0.4, 0.5) is 0 Å². The lowest BCUT2D eigenvalue weighted by Crippen LogP contribution is -2.35. The van der Waals surface area contributed by atoms with Crippen molar-refractivity contribution < 1.29 is 19.1 Å². The van der Waals surface area contributed by atoms with Crippen LogP contribution in [0.3, 0.4) is 0 Å². The lowest BCUT2D eigenvalue weighted by Gasteiger charge is -2.16. The first kappa shape index (κ1) is 25.2. The third kappa shape index (κ3) is 6.22. The van der Waals surface area contributed by atoms with E-state index >= 15 is 0 Å². The molecule has 4 aromatic carbocycles. The van der Waals surface area contributed by atoms with Crippen molar-refractivity contribution in [2.75, 3.05) is 0 Å². The van der Waals surface area contributed by atoms with Crippen LogP contribution in [-0.2, 0) is 4.79 Å². The number of nitrogens with zero attached hydrogens (tertiary/aromatic N) is 1. The van der Waals surface area contributed by atoms with Gasteiger partial charge in [-0.15, -0.1) is 0 Å². The van der Waals surface area contributed by atoms with Gasteiger partial charge in [-0.25, -0.2) is 10.2 Å². The maximum atomic E-state index is 12.7. The second kappa shape index (κ2) is 11.7. The molecule has 0 fully saturated rings. The summed E-state index contributed by atoms with van der Waals surface area (Å²) in [7, 11) is 0. The molecule has 0 aliphatic carbocycles. The van der Waals surface area contributed by atoms with Gasteiger partial charge in [-0.3, -0.25) is 4.79 Å². The summed E-state index contributed by atoms with van der Waals surface area (Å²) < 4.78 is 11.2. The van der Waals surface area contributed by atoms with Crippen molar-refractivity contribution in [1.82, 2.24) is 5.43 Å². The number of hydrogen-bond acceptors (Lipinski definition) is 5. The zero-order valence-electron chi connectivity index (χ0n) is 19.3. The molecule has 0 saturated carbocycles. The fourth-order valence-electron chi connectivity index (χ4n) is 3.48. The highest BCUT2D eigenvalue weighted by Crippen LogP contribution is 2.28. The van der Waals surface area contributed by atoms with Crippen LogP contribution in [0.25, 0.3) is 10.8 Å². The molecule has 0 aliphatic heterocycles. The molecule has 0 aliphatic rings. The van der Waals surface area contributed by atoms with Gasteiger partial charge in [-0.1, -0.05) is 66.5 Å². The summed E-state index contributed by atoms with van der Waals surface area (Å²) in [4.78, 5) is 25.2. The number of nitrogens with one attached hydrogen (secondary N) is 1. The number of halogens is 2. The van der Waals surface area contributed by atoms with E-state index in [1.165, 1.54) is 6.21 Å². The molecule has 0 aromatic heterocycles. The molecule has 6 nitrogen and oxygen atoms in total. The molecule has 4 rings (SSSR count). The van der Waals surface area contributed by atoms with E-state index in [0.717, 1.165) is 10.8 Å². The zero-order chi connectivity index (χ0) is 25.5. The molecule has 1 N–H and O–H groups in total. The number of hydrazone groups is 1. The minimum absolute atomic E-state index is 0.318. The van der Waals surface area contributed by atoms with Gasteiger partial charge in [0.1, 0.15) is 11.5 Å². The minimum atomic E-state index is -0.781. The molecule has 0 radical (unpaired) electrons. The zero-order valence-corrected chi connectivity index (χ0v) is 20.8. The average Bonchev–Trinajstić information content (AvgIpc) is 2.89. The lowest BCUT2D eigenvalue weighted by atomic mass is 10.0. The van der Waals surface area contributed by atoms with Gasteiger partial charge in [-0.05, 0) is 71.3 Å². The number of rotatable bonds is 8. The number of fused-ring (bicyclic) bond motifs is 1. The number of hydrogen-bond donors (Lipinski definition) is 1. The van der Waals surface area contributed by atoms with Crippen molar-refractivity contribution in [1.29, 1.82) is 0 Å². The normalized spacial score (nSPS) is 11.9. The topological polar surface area (TPSA) is 77.0 Å². The van der Waals surface area contributed by atoms with Gasteiger partial charge >= 0.3 is 5.97 Å². The van der Waals surface area contributed by atoms with E-state index in [1.807, 2.05) is 43.3 Å². The fraction of sp³-hybridized carbons (Fsp3) is 0.107. The predicted molar refractivity (Wildman–Crippen MR) is 142 cm³/mol. The van der Waals surface area contributed by atoms with Gasteiger partial charge in [0, 0.05) is 5.02 Å². The first-order chi connectivity index (χ1) is 17.4. The summed E-state index contributed by atoms with van der Waals surface area (Å²) in [6.07, 6.45) is 1.12. The second-order valence-electron chi connectivity index (χ2n) is 7.81. The van der Waals surface area contributed by atoms with Crippen LogP contribution < -0.4 is 14.9 Å². The number of carbonyl (C=O) groups excluding carboxylic acids is 2. The van der Waals surface area contributed by atoms with E-state index < -0.39 is 18.0 Å². The number of esters is 1. The van der Waals surface area contributed by atoms with Gasteiger partial charge < -0.3 is 9.47 Å². The Balaban J connectivity index is 1.34. The van der Waals surface area contributed by atoms with E-state index in [9.17, 15) is 9.59 Å². The first-order valence-corrected chi connectivity index (χ1v) is 11.9. The van der Waals surface area contributed by atoms with E-state index in [1.54, 1.807) is 48.5 Å². The van der Waals surface area contributed by atoms with Crippen molar-refractivity contribution in [3.05, 3.63) is 106 Å². The Morgan fingerprint density at radius 3 is 2.47 bits per heavy atom. The SMILES string of the molecule is CC[C@H](Oc1ccc(Cl)cc1Cl)C(=O)N/N=C\c1ccc(OC(=O)c2cccc3ccccc23)cc1. The largest absolute Gasteiger partial charge is 0.479 e. The summed E-state index contributed by atoms with van der Waals surface area (Å²) in [5.74, 6) is -0.0959. The smallest absolute Gasteiger partial charge is 0.344 e. The standard InChI is InChI=1S/C28H22Cl2N2O4/c1-2-25(36-26-15-12-20(29)16-24(26)30)27(33)32-31-17-18-10-13-21(14-11-18)35-28(34)23-9-5-7-19-6-3-4-8-22(19)23/h3-17,25H,2H2,1H3,(H,32,33)/b31-17-/t25-/m0/s1. The lowest BCUT2D eigenvalue weighted by molar-refractivity contribution is -0.128. The molecule has 0 saturated heterocycles. The summed E-state index contributed by atoms with van der Waals surface area (Å²) in [5, 5.41) is 6.58. The van der Waals surface area contributed by atoms with Crippen molar-refractivity contribution in [3.8, 4) is 11.5 Å².